The maximum absolute atomic E-state index is 12.8. The Balaban J connectivity index is 1.53. The van der Waals surface area contributed by atoms with Gasteiger partial charge in [-0.1, -0.05) is 0 Å². The minimum absolute atomic E-state index is 0.0405. The summed E-state index contributed by atoms with van der Waals surface area (Å²) in [6.07, 6.45) is 4.40. The summed E-state index contributed by atoms with van der Waals surface area (Å²) < 4.78 is 24.6. The van der Waals surface area contributed by atoms with Crippen LogP contribution in [0.2, 0.25) is 0 Å². The molecule has 2 saturated heterocycles. The third-order valence-electron chi connectivity index (χ3n) is 7.42. The van der Waals surface area contributed by atoms with Gasteiger partial charge in [-0.3, -0.25) is 4.79 Å². The molecule has 0 spiro atoms. The molecule has 1 atom stereocenters. The third-order valence-corrected chi connectivity index (χ3v) is 7.42. The summed E-state index contributed by atoms with van der Waals surface area (Å²) in [4.78, 5) is 27.0. The van der Waals surface area contributed by atoms with Crippen molar-refractivity contribution in [2.24, 2.45) is 5.92 Å². The highest BCUT2D eigenvalue weighted by atomic mass is 16.7. The lowest BCUT2D eigenvalue weighted by molar-refractivity contribution is -0.117. The summed E-state index contributed by atoms with van der Waals surface area (Å²) in [6.45, 7) is 14.6. The Labute approximate surface area is 215 Å². The quantitative estimate of drug-likeness (QED) is 0.579. The maximum atomic E-state index is 12.8. The molecule has 1 aromatic carbocycles. The van der Waals surface area contributed by atoms with Crippen molar-refractivity contribution in [1.82, 2.24) is 4.90 Å². The summed E-state index contributed by atoms with van der Waals surface area (Å²) in [5, 5.41) is 3.01. The number of hydrogen-bond donors (Lipinski definition) is 1. The van der Waals surface area contributed by atoms with E-state index in [4.69, 9.17) is 18.8 Å². The summed E-state index contributed by atoms with van der Waals surface area (Å²) in [5.41, 5.74) is -0.165. The first-order valence-corrected chi connectivity index (χ1v) is 13.2. The maximum Gasteiger partial charge on any atom is 0.498 e. The van der Waals surface area contributed by atoms with Crippen LogP contribution in [0.1, 0.15) is 80.6 Å². The van der Waals surface area contributed by atoms with E-state index in [1.165, 1.54) is 0 Å². The highest BCUT2D eigenvalue weighted by molar-refractivity contribution is 6.63. The van der Waals surface area contributed by atoms with Gasteiger partial charge in [0.05, 0.1) is 17.2 Å². The van der Waals surface area contributed by atoms with E-state index in [2.05, 4.69) is 5.32 Å². The molecule has 4 rings (SSSR count). The second-order valence-corrected chi connectivity index (χ2v) is 12.2. The number of nitrogens with one attached hydrogen (secondary N) is 1. The van der Waals surface area contributed by atoms with Crippen LogP contribution in [0.15, 0.2) is 18.2 Å². The van der Waals surface area contributed by atoms with Crippen LogP contribution >= 0.6 is 0 Å². The van der Waals surface area contributed by atoms with E-state index in [1.807, 2.05) is 66.7 Å². The van der Waals surface area contributed by atoms with Crippen molar-refractivity contribution >= 4 is 30.3 Å². The molecule has 9 heteroatoms. The molecule has 3 fully saturated rings. The first-order chi connectivity index (χ1) is 16.8. The van der Waals surface area contributed by atoms with Gasteiger partial charge < -0.3 is 29.0 Å². The predicted molar refractivity (Wildman–Crippen MR) is 140 cm³/mol. The Hall–Kier alpha value is -2.26. The molecule has 2 heterocycles. The number of piperidine rings is 1. The van der Waals surface area contributed by atoms with Crippen molar-refractivity contribution in [2.75, 3.05) is 18.5 Å². The minimum Gasteiger partial charge on any atom is -0.492 e. The number of hydrogen-bond acceptors (Lipinski definition) is 6. The molecule has 1 aromatic rings. The van der Waals surface area contributed by atoms with E-state index < -0.39 is 23.9 Å². The van der Waals surface area contributed by atoms with Gasteiger partial charge in [-0.15, -0.1) is 0 Å². The number of benzene rings is 1. The van der Waals surface area contributed by atoms with Crippen molar-refractivity contribution in [3.63, 3.8) is 0 Å². The number of nitrogens with zero attached hydrogens (tertiary/aromatic N) is 1. The summed E-state index contributed by atoms with van der Waals surface area (Å²) in [6, 6.07) is 5.49. The molecule has 1 aliphatic carbocycles. The average molecular weight is 500 g/mol. The molecular formula is C27H41BN2O6. The van der Waals surface area contributed by atoms with Gasteiger partial charge in [-0.2, -0.15) is 0 Å². The van der Waals surface area contributed by atoms with E-state index in [-0.39, 0.29) is 24.0 Å². The molecule has 8 nitrogen and oxygen atoms in total. The van der Waals surface area contributed by atoms with Crippen LogP contribution in [0.25, 0.3) is 0 Å². The molecular weight excluding hydrogens is 459 g/mol. The third kappa shape index (κ3) is 6.17. The lowest BCUT2D eigenvalue weighted by atomic mass is 9.78. The number of rotatable bonds is 6. The van der Waals surface area contributed by atoms with Crippen LogP contribution < -0.4 is 15.5 Å². The number of ether oxygens (including phenoxy) is 2. The second-order valence-electron chi connectivity index (χ2n) is 12.2. The van der Waals surface area contributed by atoms with Gasteiger partial charge in [-0.25, -0.2) is 4.79 Å². The van der Waals surface area contributed by atoms with Crippen molar-refractivity contribution in [2.45, 2.75) is 103 Å². The highest BCUT2D eigenvalue weighted by Crippen LogP contribution is 2.38. The minimum atomic E-state index is -0.643. The average Bonchev–Trinajstić information content (AvgIpc) is 3.59. The Kier molecular flexibility index (Phi) is 7.37. The molecule has 0 unspecified atom stereocenters. The van der Waals surface area contributed by atoms with Crippen molar-refractivity contribution in [3.8, 4) is 5.75 Å². The molecule has 0 radical (unpaired) electrons. The molecule has 0 aromatic heterocycles. The fourth-order valence-electron chi connectivity index (χ4n) is 4.42. The Morgan fingerprint density at radius 1 is 1.08 bits per heavy atom. The lowest BCUT2D eigenvalue weighted by Gasteiger charge is -2.36. The molecule has 3 aliphatic rings. The summed E-state index contributed by atoms with van der Waals surface area (Å²) in [7, 11) is -0.643. The smallest absolute Gasteiger partial charge is 0.492 e. The Morgan fingerprint density at radius 2 is 1.75 bits per heavy atom. The summed E-state index contributed by atoms with van der Waals surface area (Å²) >= 11 is 0. The van der Waals surface area contributed by atoms with Crippen LogP contribution in [0, 0.1) is 5.92 Å². The Morgan fingerprint density at radius 3 is 2.36 bits per heavy atom. The monoisotopic (exact) mass is 500 g/mol. The zero-order valence-corrected chi connectivity index (χ0v) is 22.8. The van der Waals surface area contributed by atoms with E-state index in [9.17, 15) is 9.59 Å². The van der Waals surface area contributed by atoms with Crippen molar-refractivity contribution in [3.05, 3.63) is 18.2 Å². The van der Waals surface area contributed by atoms with Gasteiger partial charge >= 0.3 is 13.2 Å². The van der Waals surface area contributed by atoms with E-state index in [0.29, 0.717) is 24.6 Å². The fourth-order valence-corrected chi connectivity index (χ4v) is 4.42. The largest absolute Gasteiger partial charge is 0.498 e. The molecule has 1 saturated carbocycles. The van der Waals surface area contributed by atoms with Crippen LogP contribution in [0.4, 0.5) is 10.5 Å². The number of amides is 2. The molecule has 2 aliphatic heterocycles. The highest BCUT2D eigenvalue weighted by Gasteiger charge is 2.52. The first-order valence-electron chi connectivity index (χ1n) is 13.2. The van der Waals surface area contributed by atoms with Crippen LogP contribution in [-0.2, 0) is 18.8 Å². The standard InChI is InChI=1S/C27H41BN2O6/c1-25(2,3)34-24(32)30-15-9-8-10-20(30)17-33-22-14-13-19(29-23(31)18-11-12-18)16-21(22)28-35-26(4,5)27(6,7)36-28/h13-14,16,18,20H,8-12,15,17H2,1-7H3,(H,29,31)/t20-/m1/s1. The van der Waals surface area contributed by atoms with E-state index in [0.717, 1.165) is 37.6 Å². The molecule has 36 heavy (non-hydrogen) atoms. The number of anilines is 1. The zero-order chi connectivity index (χ0) is 26.3. The molecule has 2 amide bonds. The van der Waals surface area contributed by atoms with Crippen molar-refractivity contribution in [1.29, 1.82) is 0 Å². The van der Waals surface area contributed by atoms with Crippen molar-refractivity contribution < 1.29 is 28.4 Å². The van der Waals surface area contributed by atoms with Gasteiger partial charge in [0.15, 0.2) is 0 Å². The van der Waals surface area contributed by atoms with Gasteiger partial charge in [0.1, 0.15) is 18.0 Å². The Bertz CT molecular complexity index is 969. The number of likely N-dealkylation sites (tertiary alicyclic amines) is 1. The first kappa shape index (κ1) is 26.8. The fraction of sp³-hybridized carbons (Fsp3) is 0.704. The van der Waals surface area contributed by atoms with Crippen LogP contribution in [0.3, 0.4) is 0 Å². The van der Waals surface area contributed by atoms with Gasteiger partial charge in [-0.05, 0) is 98.8 Å². The second kappa shape index (κ2) is 9.90. The normalized spacial score (nSPS) is 23.4. The predicted octanol–water partition coefficient (Wildman–Crippen LogP) is 4.50. The topological polar surface area (TPSA) is 86.3 Å². The van der Waals surface area contributed by atoms with E-state index in [1.54, 1.807) is 4.90 Å². The van der Waals surface area contributed by atoms with Gasteiger partial charge in [0.2, 0.25) is 5.91 Å². The van der Waals surface area contributed by atoms with Crippen LogP contribution in [0.5, 0.6) is 5.75 Å². The van der Waals surface area contributed by atoms with Gasteiger partial charge in [0, 0.05) is 23.6 Å². The molecule has 198 valence electrons. The molecule has 1 N–H and O–H groups in total. The number of carbonyl (C=O) groups is 2. The lowest BCUT2D eigenvalue weighted by Crippen LogP contribution is -2.49. The summed E-state index contributed by atoms with van der Waals surface area (Å²) in [5.74, 6) is 0.762. The SMILES string of the molecule is CC(C)(C)OC(=O)N1CCCC[C@@H]1COc1ccc(NC(=O)C2CC2)cc1B1OC(C)(C)C(C)(C)O1. The number of carbonyl (C=O) groups excluding carboxylic acids is 2. The molecule has 0 bridgehead atoms. The van der Waals surface area contributed by atoms with E-state index >= 15 is 0 Å². The zero-order valence-electron chi connectivity index (χ0n) is 22.8. The van der Waals surface area contributed by atoms with Gasteiger partial charge in [0.25, 0.3) is 0 Å². The van der Waals surface area contributed by atoms with Crippen LogP contribution in [-0.4, -0.2) is 60.0 Å².